The third-order valence-electron chi connectivity index (χ3n) is 1.91. The van der Waals surface area contributed by atoms with Crippen molar-refractivity contribution in [2.45, 2.75) is 9.46 Å². The Hall–Kier alpha value is -0.180. The summed E-state index contributed by atoms with van der Waals surface area (Å²) >= 11 is 17.4. The van der Waals surface area contributed by atoms with E-state index in [2.05, 4.69) is 10.3 Å². The van der Waals surface area contributed by atoms with Crippen molar-refractivity contribution >= 4 is 41.0 Å². The van der Waals surface area contributed by atoms with Crippen molar-refractivity contribution in [2.75, 3.05) is 0 Å². The number of allylic oxidation sites excluding steroid dienone is 1. The highest BCUT2D eigenvalue weighted by Gasteiger charge is 2.53. The van der Waals surface area contributed by atoms with Gasteiger partial charge in [0.15, 0.2) is 0 Å². The van der Waals surface area contributed by atoms with E-state index >= 15 is 0 Å². The van der Waals surface area contributed by atoms with Gasteiger partial charge in [0.2, 0.25) is 9.46 Å². The molecule has 0 saturated heterocycles. The first-order chi connectivity index (χ1) is 5.56. The Bertz CT molecular complexity index is 300. The van der Waals surface area contributed by atoms with Crippen LogP contribution in [-0.2, 0) is 0 Å². The molecule has 1 atom stereocenters. The van der Waals surface area contributed by atoms with E-state index in [4.69, 9.17) is 34.8 Å². The normalized spacial score (nSPS) is 31.8. The molecule has 12 heavy (non-hydrogen) atoms. The van der Waals surface area contributed by atoms with Gasteiger partial charge in [-0.3, -0.25) is 4.99 Å². The lowest BCUT2D eigenvalue weighted by atomic mass is 10.1. The van der Waals surface area contributed by atoms with Crippen LogP contribution in [0.4, 0.5) is 0 Å². The number of aliphatic imine (C=N–C) groups is 1. The molecule has 1 unspecified atom stereocenters. The van der Waals surface area contributed by atoms with Crippen LogP contribution in [0.1, 0.15) is 0 Å². The molecule has 0 bridgehead atoms. The van der Waals surface area contributed by atoms with Crippen molar-refractivity contribution in [3.8, 4) is 0 Å². The van der Waals surface area contributed by atoms with Crippen LogP contribution in [0.2, 0.25) is 0 Å². The second-order valence-corrected chi connectivity index (χ2v) is 4.87. The third kappa shape index (κ3) is 0.920. The number of hydrogen-bond donors (Lipinski definition) is 1. The Balaban J connectivity index is 2.46. The number of fused-ring (bicyclic) bond motifs is 1. The minimum Gasteiger partial charge on any atom is -0.360 e. The molecule has 0 aromatic carbocycles. The van der Waals surface area contributed by atoms with Gasteiger partial charge >= 0.3 is 0 Å². The van der Waals surface area contributed by atoms with Gasteiger partial charge in [-0.05, 0) is 18.4 Å². The Kier molecular flexibility index (Phi) is 1.69. The van der Waals surface area contributed by atoms with E-state index in [0.29, 0.717) is 0 Å². The minimum atomic E-state index is -1.46. The molecule has 64 valence electrons. The van der Waals surface area contributed by atoms with Gasteiger partial charge in [0, 0.05) is 11.8 Å². The van der Waals surface area contributed by atoms with Gasteiger partial charge in [0.05, 0.1) is 0 Å². The lowest BCUT2D eigenvalue weighted by Crippen LogP contribution is -2.49. The minimum absolute atomic E-state index is 0.877. The molecule has 2 nitrogen and oxygen atoms in total. The Labute approximate surface area is 84.9 Å². The van der Waals surface area contributed by atoms with E-state index in [1.807, 2.05) is 12.2 Å². The maximum Gasteiger partial charge on any atom is 0.237 e. The summed E-state index contributed by atoms with van der Waals surface area (Å²) in [5, 5.41) is 2.93. The van der Waals surface area contributed by atoms with Crippen molar-refractivity contribution in [3.63, 3.8) is 0 Å². The highest BCUT2D eigenvalue weighted by Crippen LogP contribution is 2.47. The molecule has 2 heterocycles. The number of hydrogen-bond acceptors (Lipinski definition) is 2. The summed E-state index contributed by atoms with van der Waals surface area (Å²) in [4.78, 5) is 4.11. The maximum absolute atomic E-state index is 5.80. The van der Waals surface area contributed by atoms with Crippen LogP contribution in [0.3, 0.4) is 0 Å². The SMILES string of the molecule is ClC(Cl)(Cl)C12N=CC=C1C=CN2. The van der Waals surface area contributed by atoms with Crippen molar-refractivity contribution in [1.82, 2.24) is 5.32 Å². The molecule has 0 spiro atoms. The molecule has 2 aliphatic rings. The van der Waals surface area contributed by atoms with Crippen LogP contribution in [0.5, 0.6) is 0 Å². The predicted molar refractivity (Wildman–Crippen MR) is 51.9 cm³/mol. The van der Waals surface area contributed by atoms with E-state index < -0.39 is 9.46 Å². The zero-order chi connectivity index (χ0) is 8.82. The van der Waals surface area contributed by atoms with Gasteiger partial charge in [0.25, 0.3) is 0 Å². The molecule has 0 aromatic heterocycles. The number of halogens is 3. The quantitative estimate of drug-likeness (QED) is 0.626. The van der Waals surface area contributed by atoms with Gasteiger partial charge in [-0.25, -0.2) is 0 Å². The van der Waals surface area contributed by atoms with Gasteiger partial charge in [0.1, 0.15) is 0 Å². The van der Waals surface area contributed by atoms with Crippen LogP contribution in [-0.4, -0.2) is 15.7 Å². The first-order valence-corrected chi connectivity index (χ1v) is 4.47. The average molecular weight is 223 g/mol. The van der Waals surface area contributed by atoms with Crippen molar-refractivity contribution in [2.24, 2.45) is 4.99 Å². The molecule has 0 amide bonds. The Morgan fingerprint density at radius 2 is 2.17 bits per heavy atom. The second-order valence-electron chi connectivity index (χ2n) is 2.59. The standard InChI is InChI=1S/C7H5Cl3N2/c8-7(9,10)6-5(1-3-11-6)2-4-12-6/h1-4,11H. The molecule has 5 heteroatoms. The van der Waals surface area contributed by atoms with Crippen LogP contribution < -0.4 is 5.32 Å². The molecule has 1 N–H and O–H groups in total. The Morgan fingerprint density at radius 3 is 2.75 bits per heavy atom. The lowest BCUT2D eigenvalue weighted by molar-refractivity contribution is 0.495. The topological polar surface area (TPSA) is 24.4 Å². The third-order valence-corrected chi connectivity index (χ3v) is 2.73. The highest BCUT2D eigenvalue weighted by molar-refractivity contribution is 6.68. The summed E-state index contributed by atoms with van der Waals surface area (Å²) < 4.78 is -1.46. The lowest BCUT2D eigenvalue weighted by Gasteiger charge is -2.31. The van der Waals surface area contributed by atoms with Gasteiger partial charge in [-0.2, -0.15) is 0 Å². The first-order valence-electron chi connectivity index (χ1n) is 3.33. The zero-order valence-electron chi connectivity index (χ0n) is 5.89. The molecule has 2 aliphatic heterocycles. The summed E-state index contributed by atoms with van der Waals surface area (Å²) in [7, 11) is 0. The van der Waals surface area contributed by atoms with E-state index in [0.717, 1.165) is 5.57 Å². The molecule has 0 fully saturated rings. The van der Waals surface area contributed by atoms with E-state index in [9.17, 15) is 0 Å². The fourth-order valence-corrected chi connectivity index (χ4v) is 1.93. The fraction of sp³-hybridized carbons (Fsp3) is 0.286. The smallest absolute Gasteiger partial charge is 0.237 e. The molecule has 0 saturated carbocycles. The van der Waals surface area contributed by atoms with Crippen molar-refractivity contribution < 1.29 is 0 Å². The summed E-state index contributed by atoms with van der Waals surface area (Å²) in [6.07, 6.45) is 7.02. The molecular formula is C7H5Cl3N2. The number of nitrogens with zero attached hydrogens (tertiary/aromatic N) is 1. The monoisotopic (exact) mass is 222 g/mol. The molecule has 0 radical (unpaired) electrons. The van der Waals surface area contributed by atoms with Crippen LogP contribution in [0, 0.1) is 0 Å². The summed E-state index contributed by atoms with van der Waals surface area (Å²) in [6, 6.07) is 0. The van der Waals surface area contributed by atoms with Gasteiger partial charge < -0.3 is 5.32 Å². The number of rotatable bonds is 0. The van der Waals surface area contributed by atoms with Gasteiger partial charge in [-0.1, -0.05) is 34.8 Å². The first kappa shape index (κ1) is 8.42. The predicted octanol–water partition coefficient (Wildman–Crippen LogP) is 2.18. The van der Waals surface area contributed by atoms with E-state index in [1.165, 1.54) is 0 Å². The van der Waals surface area contributed by atoms with Crippen LogP contribution in [0.25, 0.3) is 0 Å². The molecule has 0 aromatic rings. The second kappa shape index (κ2) is 2.41. The summed E-state index contributed by atoms with van der Waals surface area (Å²) in [5.41, 5.74) is -0.0139. The fourth-order valence-electron chi connectivity index (χ4n) is 1.29. The number of nitrogens with one attached hydrogen (secondary N) is 1. The van der Waals surface area contributed by atoms with Crippen molar-refractivity contribution in [3.05, 3.63) is 23.9 Å². The maximum atomic E-state index is 5.80. The largest absolute Gasteiger partial charge is 0.360 e. The van der Waals surface area contributed by atoms with E-state index in [-0.39, 0.29) is 0 Å². The van der Waals surface area contributed by atoms with E-state index in [1.54, 1.807) is 12.4 Å². The highest BCUT2D eigenvalue weighted by atomic mass is 35.6. The molecule has 0 aliphatic carbocycles. The summed E-state index contributed by atoms with van der Waals surface area (Å²) in [5.74, 6) is 0. The zero-order valence-corrected chi connectivity index (χ0v) is 8.16. The molecular weight excluding hydrogens is 218 g/mol. The summed E-state index contributed by atoms with van der Waals surface area (Å²) in [6.45, 7) is 0. The average Bonchev–Trinajstić information content (AvgIpc) is 2.37. The molecule has 2 rings (SSSR count). The number of alkyl halides is 3. The van der Waals surface area contributed by atoms with Crippen LogP contribution in [0.15, 0.2) is 28.9 Å². The van der Waals surface area contributed by atoms with Gasteiger partial charge in [-0.15, -0.1) is 0 Å². The van der Waals surface area contributed by atoms with Crippen LogP contribution >= 0.6 is 34.8 Å². The Morgan fingerprint density at radius 1 is 1.42 bits per heavy atom. The van der Waals surface area contributed by atoms with Crippen molar-refractivity contribution in [1.29, 1.82) is 0 Å².